The zero-order valence-corrected chi connectivity index (χ0v) is 12.4. The highest BCUT2D eigenvalue weighted by Gasteiger charge is 2.23. The maximum absolute atomic E-state index is 12.5. The Morgan fingerprint density at radius 1 is 1.43 bits per heavy atom. The van der Waals surface area contributed by atoms with Crippen molar-refractivity contribution in [3.8, 4) is 6.07 Å². The minimum absolute atomic E-state index is 0.191. The van der Waals surface area contributed by atoms with E-state index in [1.165, 1.54) is 11.0 Å². The third-order valence-electron chi connectivity index (χ3n) is 2.79. The van der Waals surface area contributed by atoms with E-state index >= 15 is 0 Å². The molecule has 0 atom stereocenters. The van der Waals surface area contributed by atoms with E-state index in [1.54, 1.807) is 25.1 Å². The lowest BCUT2D eigenvalue weighted by Crippen LogP contribution is -2.46. The van der Waals surface area contributed by atoms with E-state index in [0.717, 1.165) is 4.90 Å². The molecule has 2 amide bonds. The Labute approximate surface area is 128 Å². The topological polar surface area (TPSA) is 84.6 Å². The number of amides is 2. The standard InChI is InChI=1S/C14H16ClN3O3/c1-2-17(8-4-7-16)14(21)18(10-13(19)20)12-6-3-5-11(15)9-12/h3,5-6,9H,2,4,8,10H2,1H3,(H,19,20). The fourth-order valence-corrected chi connectivity index (χ4v) is 1.98. The summed E-state index contributed by atoms with van der Waals surface area (Å²) in [6, 6.07) is 7.93. The number of carbonyl (C=O) groups is 2. The molecule has 112 valence electrons. The van der Waals surface area contributed by atoms with Gasteiger partial charge in [-0.25, -0.2) is 4.79 Å². The van der Waals surface area contributed by atoms with Gasteiger partial charge < -0.3 is 10.0 Å². The number of aliphatic carboxylic acids is 1. The fourth-order valence-electron chi connectivity index (χ4n) is 1.79. The van der Waals surface area contributed by atoms with Gasteiger partial charge in [0.15, 0.2) is 0 Å². The Hall–Kier alpha value is -2.26. The van der Waals surface area contributed by atoms with Crippen molar-refractivity contribution in [3.05, 3.63) is 29.3 Å². The number of nitrogens with zero attached hydrogens (tertiary/aromatic N) is 3. The number of carbonyl (C=O) groups excluding carboxylic acids is 1. The SMILES string of the molecule is CCN(CCC#N)C(=O)N(CC(=O)O)c1cccc(Cl)c1. The maximum Gasteiger partial charge on any atom is 0.325 e. The van der Waals surface area contributed by atoms with Crippen LogP contribution in [0.2, 0.25) is 5.02 Å². The van der Waals surface area contributed by atoms with Crippen molar-refractivity contribution in [1.82, 2.24) is 4.90 Å². The minimum Gasteiger partial charge on any atom is -0.480 e. The van der Waals surface area contributed by atoms with Crippen molar-refractivity contribution in [2.24, 2.45) is 0 Å². The van der Waals surface area contributed by atoms with E-state index in [9.17, 15) is 9.59 Å². The van der Waals surface area contributed by atoms with Crippen molar-refractivity contribution >= 4 is 29.3 Å². The molecule has 0 spiro atoms. The van der Waals surface area contributed by atoms with E-state index in [2.05, 4.69) is 0 Å². The zero-order chi connectivity index (χ0) is 15.8. The van der Waals surface area contributed by atoms with Crippen LogP contribution < -0.4 is 4.90 Å². The van der Waals surface area contributed by atoms with Gasteiger partial charge in [-0.3, -0.25) is 9.69 Å². The Balaban J connectivity index is 3.04. The Morgan fingerprint density at radius 3 is 2.67 bits per heavy atom. The molecule has 0 radical (unpaired) electrons. The van der Waals surface area contributed by atoms with Crippen molar-refractivity contribution in [1.29, 1.82) is 5.26 Å². The number of urea groups is 1. The van der Waals surface area contributed by atoms with Crippen molar-refractivity contribution in [3.63, 3.8) is 0 Å². The first-order valence-electron chi connectivity index (χ1n) is 6.40. The van der Waals surface area contributed by atoms with Crippen LogP contribution in [0.15, 0.2) is 24.3 Å². The van der Waals surface area contributed by atoms with Gasteiger partial charge in [-0.2, -0.15) is 5.26 Å². The van der Waals surface area contributed by atoms with Crippen LogP contribution in [0.5, 0.6) is 0 Å². The summed E-state index contributed by atoms with van der Waals surface area (Å²) in [6.45, 7) is 1.94. The number of halogens is 1. The van der Waals surface area contributed by atoms with Crippen LogP contribution in [0.4, 0.5) is 10.5 Å². The summed E-state index contributed by atoms with van der Waals surface area (Å²) in [7, 11) is 0. The lowest BCUT2D eigenvalue weighted by Gasteiger charge is -2.28. The van der Waals surface area contributed by atoms with Crippen molar-refractivity contribution in [2.45, 2.75) is 13.3 Å². The average molecular weight is 310 g/mol. The van der Waals surface area contributed by atoms with Gasteiger partial charge in [0.25, 0.3) is 0 Å². The number of carboxylic acid groups (broad SMARTS) is 1. The first-order valence-corrected chi connectivity index (χ1v) is 6.78. The summed E-state index contributed by atoms with van der Waals surface area (Å²) in [6.07, 6.45) is 0.191. The van der Waals surface area contributed by atoms with Crippen LogP contribution in [-0.2, 0) is 4.79 Å². The monoisotopic (exact) mass is 309 g/mol. The van der Waals surface area contributed by atoms with Crippen LogP contribution in [0.25, 0.3) is 0 Å². The van der Waals surface area contributed by atoms with E-state index in [4.69, 9.17) is 22.0 Å². The number of rotatable bonds is 6. The molecule has 0 heterocycles. The highest BCUT2D eigenvalue weighted by atomic mass is 35.5. The van der Waals surface area contributed by atoms with Gasteiger partial charge in [0.05, 0.1) is 12.5 Å². The molecule has 7 heteroatoms. The normalized spacial score (nSPS) is 9.76. The number of anilines is 1. The molecule has 1 N–H and O–H groups in total. The third-order valence-corrected chi connectivity index (χ3v) is 3.03. The molecule has 0 aliphatic rings. The molecule has 0 aliphatic heterocycles. The van der Waals surface area contributed by atoms with E-state index in [-0.39, 0.29) is 13.0 Å². The third kappa shape index (κ3) is 4.97. The number of hydrogen-bond acceptors (Lipinski definition) is 3. The molecular formula is C14H16ClN3O3. The molecule has 1 rings (SSSR count). The van der Waals surface area contributed by atoms with Crippen LogP contribution in [0, 0.1) is 11.3 Å². The average Bonchev–Trinajstić information content (AvgIpc) is 2.45. The second kappa shape index (κ2) is 8.12. The number of benzene rings is 1. The molecule has 21 heavy (non-hydrogen) atoms. The van der Waals surface area contributed by atoms with Gasteiger partial charge in [-0.1, -0.05) is 17.7 Å². The van der Waals surface area contributed by atoms with Crippen LogP contribution in [-0.4, -0.2) is 41.6 Å². The van der Waals surface area contributed by atoms with E-state index in [1.807, 2.05) is 6.07 Å². The number of carboxylic acids is 1. The summed E-state index contributed by atoms with van der Waals surface area (Å²) >= 11 is 5.89. The molecule has 0 aliphatic carbocycles. The van der Waals surface area contributed by atoms with Gasteiger partial charge in [-0.15, -0.1) is 0 Å². The first-order chi connectivity index (χ1) is 9.99. The first kappa shape index (κ1) is 16.8. The second-order valence-electron chi connectivity index (χ2n) is 4.23. The molecule has 0 aromatic heterocycles. The van der Waals surface area contributed by atoms with Crippen LogP contribution >= 0.6 is 11.6 Å². The summed E-state index contributed by atoms with van der Waals surface area (Å²) in [5, 5.41) is 18.0. The van der Waals surface area contributed by atoms with Gasteiger partial charge >= 0.3 is 12.0 Å². The predicted octanol–water partition coefficient (Wildman–Crippen LogP) is 2.59. The Bertz CT molecular complexity index is 557. The highest BCUT2D eigenvalue weighted by Crippen LogP contribution is 2.20. The molecule has 0 fully saturated rings. The molecule has 0 bridgehead atoms. The van der Waals surface area contributed by atoms with E-state index < -0.39 is 18.5 Å². The summed E-state index contributed by atoms with van der Waals surface area (Å²) in [5.41, 5.74) is 0.408. The van der Waals surface area contributed by atoms with Gasteiger partial charge in [0, 0.05) is 23.8 Å². The molecule has 6 nitrogen and oxygen atoms in total. The Morgan fingerprint density at radius 2 is 2.14 bits per heavy atom. The van der Waals surface area contributed by atoms with Crippen LogP contribution in [0.3, 0.4) is 0 Å². The zero-order valence-electron chi connectivity index (χ0n) is 11.6. The molecule has 0 saturated carbocycles. The molecule has 1 aromatic rings. The highest BCUT2D eigenvalue weighted by molar-refractivity contribution is 6.30. The molecule has 0 unspecified atom stereocenters. The largest absolute Gasteiger partial charge is 0.480 e. The predicted molar refractivity (Wildman–Crippen MR) is 79.3 cm³/mol. The van der Waals surface area contributed by atoms with E-state index in [0.29, 0.717) is 17.3 Å². The van der Waals surface area contributed by atoms with Crippen molar-refractivity contribution < 1.29 is 14.7 Å². The number of hydrogen-bond donors (Lipinski definition) is 1. The quantitative estimate of drug-likeness (QED) is 0.875. The minimum atomic E-state index is -1.13. The smallest absolute Gasteiger partial charge is 0.325 e. The Kier molecular flexibility index (Phi) is 6.50. The summed E-state index contributed by atoms with van der Waals surface area (Å²) in [5.74, 6) is -1.13. The second-order valence-corrected chi connectivity index (χ2v) is 4.67. The van der Waals surface area contributed by atoms with Crippen molar-refractivity contribution in [2.75, 3.05) is 24.5 Å². The van der Waals surface area contributed by atoms with Gasteiger partial charge in [-0.05, 0) is 25.1 Å². The van der Waals surface area contributed by atoms with Gasteiger partial charge in [0.1, 0.15) is 6.54 Å². The summed E-state index contributed by atoms with van der Waals surface area (Å²) in [4.78, 5) is 26.0. The van der Waals surface area contributed by atoms with Gasteiger partial charge in [0.2, 0.25) is 0 Å². The lowest BCUT2D eigenvalue weighted by atomic mass is 10.3. The lowest BCUT2D eigenvalue weighted by molar-refractivity contribution is -0.135. The molecule has 0 saturated heterocycles. The summed E-state index contributed by atoms with van der Waals surface area (Å²) < 4.78 is 0. The molecule has 1 aromatic carbocycles. The fraction of sp³-hybridized carbons (Fsp3) is 0.357. The van der Waals surface area contributed by atoms with Crippen LogP contribution in [0.1, 0.15) is 13.3 Å². The maximum atomic E-state index is 12.5. The number of nitriles is 1. The molecular weight excluding hydrogens is 294 g/mol.